The van der Waals surface area contributed by atoms with Crippen LogP contribution in [0, 0.1) is 5.82 Å². The Hall–Kier alpha value is -2.65. The number of halogens is 1. The number of hydrogen-bond acceptors (Lipinski definition) is 5. The van der Waals surface area contributed by atoms with Gasteiger partial charge in [-0.1, -0.05) is 19.1 Å². The molecule has 2 aromatic rings. The fraction of sp³-hybridized carbons (Fsp3) is 0.381. The molecule has 1 amide bonds. The van der Waals surface area contributed by atoms with Crippen molar-refractivity contribution in [2.24, 2.45) is 0 Å². The van der Waals surface area contributed by atoms with Gasteiger partial charge in [-0.15, -0.1) is 0 Å². The molecule has 2 aromatic carbocycles. The van der Waals surface area contributed by atoms with Gasteiger partial charge in [0.15, 0.2) is 0 Å². The average Bonchev–Trinajstić information content (AvgIpc) is 2.75. The van der Waals surface area contributed by atoms with Crippen LogP contribution >= 0.6 is 0 Å². The summed E-state index contributed by atoms with van der Waals surface area (Å²) in [7, 11) is -3.77. The van der Waals surface area contributed by atoms with Crippen LogP contribution < -0.4 is 15.0 Å². The number of benzene rings is 2. The molecule has 0 aliphatic carbocycles. The molecule has 9 heteroatoms. The van der Waals surface area contributed by atoms with Gasteiger partial charge < -0.3 is 15.0 Å². The predicted octanol–water partition coefficient (Wildman–Crippen LogP) is 3.08. The van der Waals surface area contributed by atoms with Crippen molar-refractivity contribution in [2.75, 3.05) is 43.0 Å². The summed E-state index contributed by atoms with van der Waals surface area (Å²) in [5.74, 6) is -0.136. The molecule has 30 heavy (non-hydrogen) atoms. The molecular formula is C21H26FN3O4S. The SMILES string of the molecule is CCOc1ccc(S(=O)(=O)N2CCN(c3ccccc3F)CC2)cc1NC(=O)CC. The lowest BCUT2D eigenvalue weighted by molar-refractivity contribution is -0.115. The Kier molecular flexibility index (Phi) is 6.94. The number of nitrogens with zero attached hydrogens (tertiary/aromatic N) is 2. The lowest BCUT2D eigenvalue weighted by Crippen LogP contribution is -2.48. The van der Waals surface area contributed by atoms with E-state index >= 15 is 0 Å². The van der Waals surface area contributed by atoms with Gasteiger partial charge in [0.1, 0.15) is 11.6 Å². The Morgan fingerprint density at radius 1 is 1.10 bits per heavy atom. The van der Waals surface area contributed by atoms with Crippen LogP contribution in [0.4, 0.5) is 15.8 Å². The van der Waals surface area contributed by atoms with E-state index in [4.69, 9.17) is 4.74 Å². The number of piperazine rings is 1. The Morgan fingerprint density at radius 3 is 2.43 bits per heavy atom. The molecule has 0 atom stereocenters. The summed E-state index contributed by atoms with van der Waals surface area (Å²) < 4.78 is 47.2. The maximum atomic E-state index is 14.0. The van der Waals surface area contributed by atoms with E-state index in [0.29, 0.717) is 36.8 Å². The summed E-state index contributed by atoms with van der Waals surface area (Å²) in [6.45, 7) is 5.16. The van der Waals surface area contributed by atoms with Gasteiger partial charge in [0.25, 0.3) is 0 Å². The van der Waals surface area contributed by atoms with E-state index in [9.17, 15) is 17.6 Å². The van der Waals surface area contributed by atoms with E-state index < -0.39 is 10.0 Å². The largest absolute Gasteiger partial charge is 0.492 e. The molecule has 0 radical (unpaired) electrons. The quantitative estimate of drug-likeness (QED) is 0.723. The van der Waals surface area contributed by atoms with Crippen molar-refractivity contribution >= 4 is 27.3 Å². The molecule has 0 saturated carbocycles. The third-order valence-corrected chi connectivity index (χ3v) is 6.81. The third-order valence-electron chi connectivity index (χ3n) is 4.92. The number of carbonyl (C=O) groups is 1. The van der Waals surface area contributed by atoms with Crippen LogP contribution in [0.5, 0.6) is 5.75 Å². The van der Waals surface area contributed by atoms with Crippen molar-refractivity contribution in [1.29, 1.82) is 0 Å². The summed E-state index contributed by atoms with van der Waals surface area (Å²) in [5, 5.41) is 2.70. The van der Waals surface area contributed by atoms with Gasteiger partial charge in [0, 0.05) is 32.6 Å². The zero-order valence-electron chi connectivity index (χ0n) is 17.1. The molecule has 0 spiro atoms. The van der Waals surface area contributed by atoms with Gasteiger partial charge in [0.05, 0.1) is 22.9 Å². The number of para-hydroxylation sites is 1. The zero-order chi connectivity index (χ0) is 21.7. The molecular weight excluding hydrogens is 409 g/mol. The first kappa shape index (κ1) is 22.0. The number of hydrogen-bond donors (Lipinski definition) is 1. The van der Waals surface area contributed by atoms with E-state index in [1.54, 1.807) is 31.2 Å². The molecule has 1 fully saturated rings. The van der Waals surface area contributed by atoms with Crippen LogP contribution in [-0.2, 0) is 14.8 Å². The van der Waals surface area contributed by atoms with Gasteiger partial charge >= 0.3 is 0 Å². The normalized spacial score (nSPS) is 15.1. The number of nitrogens with one attached hydrogen (secondary N) is 1. The molecule has 0 aromatic heterocycles. The van der Waals surface area contributed by atoms with Gasteiger partial charge in [0.2, 0.25) is 15.9 Å². The lowest BCUT2D eigenvalue weighted by Gasteiger charge is -2.35. The van der Waals surface area contributed by atoms with Gasteiger partial charge in [-0.2, -0.15) is 4.31 Å². The maximum Gasteiger partial charge on any atom is 0.243 e. The molecule has 7 nitrogen and oxygen atoms in total. The Bertz CT molecular complexity index is 1010. The summed E-state index contributed by atoms with van der Waals surface area (Å²) >= 11 is 0. The highest BCUT2D eigenvalue weighted by Crippen LogP contribution is 2.30. The number of anilines is 2. The third kappa shape index (κ3) is 4.73. The molecule has 1 N–H and O–H groups in total. The first-order valence-electron chi connectivity index (χ1n) is 9.93. The fourth-order valence-corrected chi connectivity index (χ4v) is 4.76. The molecule has 0 bridgehead atoms. The van der Waals surface area contributed by atoms with E-state index in [1.165, 1.54) is 22.5 Å². The fourth-order valence-electron chi connectivity index (χ4n) is 3.31. The van der Waals surface area contributed by atoms with Crippen LogP contribution in [0.2, 0.25) is 0 Å². The second-order valence-corrected chi connectivity index (χ2v) is 8.77. The van der Waals surface area contributed by atoms with Crippen molar-refractivity contribution in [3.8, 4) is 5.75 Å². The van der Waals surface area contributed by atoms with Crippen molar-refractivity contribution in [1.82, 2.24) is 4.31 Å². The molecule has 0 unspecified atom stereocenters. The van der Waals surface area contributed by atoms with Crippen molar-refractivity contribution < 1.29 is 22.3 Å². The summed E-state index contributed by atoms with van der Waals surface area (Å²) in [5.41, 5.74) is 0.801. The number of amides is 1. The molecule has 1 aliphatic rings. The molecule has 1 saturated heterocycles. The van der Waals surface area contributed by atoms with Gasteiger partial charge in [-0.05, 0) is 37.3 Å². The standard InChI is InChI=1S/C21H26FN3O4S/c1-3-21(26)23-18-15-16(9-10-20(18)29-4-2)30(27,28)25-13-11-24(12-14-25)19-8-6-5-7-17(19)22/h5-10,15H,3-4,11-14H2,1-2H3,(H,23,26). The summed E-state index contributed by atoms with van der Waals surface area (Å²) in [6, 6.07) is 10.9. The van der Waals surface area contributed by atoms with Gasteiger partial charge in [-0.3, -0.25) is 4.79 Å². The summed E-state index contributed by atoms with van der Waals surface area (Å²) in [6.07, 6.45) is 0.264. The average molecular weight is 436 g/mol. The summed E-state index contributed by atoms with van der Waals surface area (Å²) in [4.78, 5) is 13.8. The Morgan fingerprint density at radius 2 is 1.80 bits per heavy atom. The molecule has 3 rings (SSSR count). The highest BCUT2D eigenvalue weighted by Gasteiger charge is 2.30. The zero-order valence-corrected chi connectivity index (χ0v) is 17.9. The Balaban J connectivity index is 1.79. The highest BCUT2D eigenvalue weighted by molar-refractivity contribution is 7.89. The number of sulfonamides is 1. The second-order valence-electron chi connectivity index (χ2n) is 6.84. The highest BCUT2D eigenvalue weighted by atomic mass is 32.2. The molecule has 1 aliphatic heterocycles. The smallest absolute Gasteiger partial charge is 0.243 e. The van der Waals surface area contributed by atoms with E-state index in [1.807, 2.05) is 11.8 Å². The van der Waals surface area contributed by atoms with Gasteiger partial charge in [-0.25, -0.2) is 12.8 Å². The minimum absolute atomic E-state index is 0.0803. The minimum atomic E-state index is -3.77. The van der Waals surface area contributed by atoms with E-state index in [2.05, 4.69) is 5.32 Å². The van der Waals surface area contributed by atoms with E-state index in [-0.39, 0.29) is 36.1 Å². The number of ether oxygens (including phenoxy) is 1. The predicted molar refractivity (Wildman–Crippen MR) is 114 cm³/mol. The van der Waals surface area contributed by atoms with Crippen molar-refractivity contribution in [3.63, 3.8) is 0 Å². The lowest BCUT2D eigenvalue weighted by atomic mass is 10.2. The minimum Gasteiger partial charge on any atom is -0.492 e. The Labute approximate surface area is 176 Å². The first-order chi connectivity index (χ1) is 14.4. The van der Waals surface area contributed by atoms with Crippen LogP contribution in [0.1, 0.15) is 20.3 Å². The topological polar surface area (TPSA) is 79.0 Å². The molecule has 1 heterocycles. The first-order valence-corrected chi connectivity index (χ1v) is 11.4. The number of carbonyl (C=O) groups excluding carboxylic acids is 1. The monoisotopic (exact) mass is 435 g/mol. The molecule has 162 valence electrons. The van der Waals surface area contributed by atoms with Crippen LogP contribution in [0.25, 0.3) is 0 Å². The number of rotatable bonds is 7. The van der Waals surface area contributed by atoms with E-state index in [0.717, 1.165) is 0 Å². The second kappa shape index (κ2) is 9.44. The van der Waals surface area contributed by atoms with Crippen molar-refractivity contribution in [3.05, 3.63) is 48.3 Å². The van der Waals surface area contributed by atoms with Crippen LogP contribution in [0.3, 0.4) is 0 Å². The van der Waals surface area contributed by atoms with Crippen LogP contribution in [-0.4, -0.2) is 51.4 Å². The maximum absolute atomic E-state index is 14.0. The van der Waals surface area contributed by atoms with Crippen LogP contribution in [0.15, 0.2) is 47.4 Å². The van der Waals surface area contributed by atoms with Crippen molar-refractivity contribution in [2.45, 2.75) is 25.2 Å².